The smallest absolute Gasteiger partial charge is 0.234 e. The molecule has 0 saturated heterocycles. The van der Waals surface area contributed by atoms with Crippen LogP contribution in [-0.2, 0) is 0 Å². The molecular formula is C15H13ClN2O3. The first-order chi connectivity index (χ1) is 10.1. The standard InChI is InChI=1S/C15H13ClN2O3/c1-19-11-4-3-5-12(20-2)14(11)15-18-10-6-8(16)9(17)7-13(10)21-15/h3-7H,17H2,1-2H3. The maximum Gasteiger partial charge on any atom is 0.234 e. The van der Waals surface area contributed by atoms with Gasteiger partial charge in [-0.2, -0.15) is 0 Å². The lowest BCUT2D eigenvalue weighted by molar-refractivity contribution is 0.394. The van der Waals surface area contributed by atoms with Gasteiger partial charge in [-0.25, -0.2) is 4.98 Å². The van der Waals surface area contributed by atoms with Gasteiger partial charge in [0, 0.05) is 6.07 Å². The van der Waals surface area contributed by atoms with Gasteiger partial charge >= 0.3 is 0 Å². The monoisotopic (exact) mass is 304 g/mol. The quantitative estimate of drug-likeness (QED) is 0.746. The van der Waals surface area contributed by atoms with Crippen LogP contribution < -0.4 is 15.2 Å². The molecule has 0 aliphatic rings. The van der Waals surface area contributed by atoms with E-state index < -0.39 is 0 Å². The van der Waals surface area contributed by atoms with Gasteiger partial charge < -0.3 is 19.6 Å². The van der Waals surface area contributed by atoms with Crippen molar-refractivity contribution in [3.63, 3.8) is 0 Å². The van der Waals surface area contributed by atoms with Crippen LogP contribution in [0.3, 0.4) is 0 Å². The predicted molar refractivity (Wildman–Crippen MR) is 82.0 cm³/mol. The van der Waals surface area contributed by atoms with Gasteiger partial charge in [0.25, 0.3) is 0 Å². The maximum atomic E-state index is 6.00. The number of anilines is 1. The molecule has 1 aromatic heterocycles. The average Bonchev–Trinajstić information content (AvgIpc) is 2.89. The highest BCUT2D eigenvalue weighted by Crippen LogP contribution is 2.39. The van der Waals surface area contributed by atoms with Crippen LogP contribution in [0.5, 0.6) is 11.5 Å². The Morgan fingerprint density at radius 2 is 1.81 bits per heavy atom. The lowest BCUT2D eigenvalue weighted by Crippen LogP contribution is -1.92. The Labute approximate surface area is 126 Å². The summed E-state index contributed by atoms with van der Waals surface area (Å²) >= 11 is 6.00. The summed E-state index contributed by atoms with van der Waals surface area (Å²) in [5.41, 5.74) is 8.04. The van der Waals surface area contributed by atoms with E-state index in [-0.39, 0.29) is 0 Å². The van der Waals surface area contributed by atoms with Gasteiger partial charge in [-0.3, -0.25) is 0 Å². The van der Waals surface area contributed by atoms with Crippen LogP contribution in [-0.4, -0.2) is 19.2 Å². The van der Waals surface area contributed by atoms with Crippen LogP contribution in [0.15, 0.2) is 34.7 Å². The van der Waals surface area contributed by atoms with Gasteiger partial charge in [0.05, 0.1) is 24.9 Å². The lowest BCUT2D eigenvalue weighted by Gasteiger charge is -2.09. The van der Waals surface area contributed by atoms with Crippen molar-refractivity contribution in [1.82, 2.24) is 4.98 Å². The van der Waals surface area contributed by atoms with Crippen LogP contribution in [0, 0.1) is 0 Å². The first kappa shape index (κ1) is 13.6. The summed E-state index contributed by atoms with van der Waals surface area (Å²) in [4.78, 5) is 4.44. The average molecular weight is 305 g/mol. The third kappa shape index (κ3) is 2.25. The Bertz CT molecular complexity index is 753. The van der Waals surface area contributed by atoms with Crippen molar-refractivity contribution in [2.75, 3.05) is 20.0 Å². The van der Waals surface area contributed by atoms with E-state index in [9.17, 15) is 0 Å². The molecule has 3 rings (SSSR count). The van der Waals surface area contributed by atoms with Crippen LogP contribution in [0.2, 0.25) is 5.02 Å². The van der Waals surface area contributed by atoms with E-state index in [1.807, 2.05) is 18.2 Å². The number of methoxy groups -OCH3 is 2. The summed E-state index contributed by atoms with van der Waals surface area (Å²) in [6.45, 7) is 0. The number of fused-ring (bicyclic) bond motifs is 1. The van der Waals surface area contributed by atoms with Crippen LogP contribution in [0.4, 0.5) is 5.69 Å². The van der Waals surface area contributed by atoms with Crippen LogP contribution in [0.1, 0.15) is 0 Å². The van der Waals surface area contributed by atoms with Crippen molar-refractivity contribution in [1.29, 1.82) is 0 Å². The van der Waals surface area contributed by atoms with Crippen molar-refractivity contribution in [3.8, 4) is 23.0 Å². The zero-order chi connectivity index (χ0) is 15.0. The minimum absolute atomic E-state index is 0.390. The van der Waals surface area contributed by atoms with Crippen molar-refractivity contribution >= 4 is 28.4 Å². The van der Waals surface area contributed by atoms with E-state index in [1.165, 1.54) is 0 Å². The summed E-state index contributed by atoms with van der Waals surface area (Å²) in [5.74, 6) is 1.61. The number of aromatic nitrogens is 1. The third-order valence-electron chi connectivity index (χ3n) is 3.15. The third-order valence-corrected chi connectivity index (χ3v) is 3.48. The highest BCUT2D eigenvalue weighted by atomic mass is 35.5. The summed E-state index contributed by atoms with van der Waals surface area (Å²) in [6, 6.07) is 8.78. The van der Waals surface area contributed by atoms with Gasteiger partial charge in [-0.05, 0) is 18.2 Å². The fourth-order valence-electron chi connectivity index (χ4n) is 2.13. The minimum atomic E-state index is 0.390. The number of ether oxygens (including phenoxy) is 2. The fraction of sp³-hybridized carbons (Fsp3) is 0.133. The molecule has 0 atom stereocenters. The zero-order valence-electron chi connectivity index (χ0n) is 11.5. The second-order valence-electron chi connectivity index (χ2n) is 4.40. The fourth-order valence-corrected chi connectivity index (χ4v) is 2.29. The minimum Gasteiger partial charge on any atom is -0.496 e. The zero-order valence-corrected chi connectivity index (χ0v) is 12.3. The molecule has 3 aromatic rings. The van der Waals surface area contributed by atoms with E-state index in [2.05, 4.69) is 4.98 Å². The molecule has 0 fully saturated rings. The molecule has 108 valence electrons. The molecule has 1 heterocycles. The number of hydrogen-bond donors (Lipinski definition) is 1. The highest BCUT2D eigenvalue weighted by Gasteiger charge is 2.18. The summed E-state index contributed by atoms with van der Waals surface area (Å²) in [6.07, 6.45) is 0. The Balaban J connectivity index is 2.25. The largest absolute Gasteiger partial charge is 0.496 e. The Hall–Kier alpha value is -2.40. The predicted octanol–water partition coefficient (Wildman–Crippen LogP) is 3.75. The number of nitrogen functional groups attached to an aromatic ring is 1. The van der Waals surface area contributed by atoms with Crippen LogP contribution >= 0.6 is 11.6 Å². The molecule has 21 heavy (non-hydrogen) atoms. The number of halogens is 1. The van der Waals surface area contributed by atoms with Crippen molar-refractivity contribution < 1.29 is 13.9 Å². The van der Waals surface area contributed by atoms with Gasteiger partial charge in [-0.1, -0.05) is 17.7 Å². The summed E-state index contributed by atoms with van der Waals surface area (Å²) < 4.78 is 16.5. The summed E-state index contributed by atoms with van der Waals surface area (Å²) in [5, 5.41) is 0.439. The number of nitrogens with two attached hydrogens (primary N) is 1. The first-order valence-corrected chi connectivity index (χ1v) is 6.58. The molecule has 0 saturated carbocycles. The number of oxazole rings is 1. The molecule has 5 nitrogen and oxygen atoms in total. The van der Waals surface area contributed by atoms with E-state index in [0.29, 0.717) is 44.8 Å². The molecule has 0 aliphatic heterocycles. The Morgan fingerprint density at radius 1 is 1.14 bits per heavy atom. The van der Waals surface area contributed by atoms with Gasteiger partial charge in [0.15, 0.2) is 5.58 Å². The van der Waals surface area contributed by atoms with Crippen molar-refractivity contribution in [3.05, 3.63) is 35.4 Å². The lowest BCUT2D eigenvalue weighted by atomic mass is 10.1. The first-order valence-electron chi connectivity index (χ1n) is 6.21. The molecule has 0 spiro atoms. The Kier molecular flexibility index (Phi) is 3.35. The van der Waals surface area contributed by atoms with Gasteiger partial charge in [0.2, 0.25) is 5.89 Å². The van der Waals surface area contributed by atoms with Gasteiger partial charge in [0.1, 0.15) is 22.6 Å². The molecule has 2 N–H and O–H groups in total. The van der Waals surface area contributed by atoms with Gasteiger partial charge in [-0.15, -0.1) is 0 Å². The highest BCUT2D eigenvalue weighted by molar-refractivity contribution is 6.33. The molecular weight excluding hydrogens is 292 g/mol. The molecule has 2 aromatic carbocycles. The SMILES string of the molecule is COc1cccc(OC)c1-c1nc2cc(Cl)c(N)cc2o1. The van der Waals surface area contributed by atoms with Crippen molar-refractivity contribution in [2.24, 2.45) is 0 Å². The second kappa shape index (κ2) is 5.18. The number of rotatable bonds is 3. The topological polar surface area (TPSA) is 70.5 Å². The molecule has 6 heteroatoms. The van der Waals surface area contributed by atoms with E-state index in [0.717, 1.165) is 0 Å². The molecule has 0 bridgehead atoms. The molecule has 0 radical (unpaired) electrons. The normalized spacial score (nSPS) is 10.8. The second-order valence-corrected chi connectivity index (χ2v) is 4.81. The summed E-state index contributed by atoms with van der Waals surface area (Å²) in [7, 11) is 3.16. The van der Waals surface area contributed by atoms with E-state index >= 15 is 0 Å². The molecule has 0 unspecified atom stereocenters. The maximum absolute atomic E-state index is 6.00. The van der Waals surface area contributed by atoms with Crippen LogP contribution in [0.25, 0.3) is 22.6 Å². The number of nitrogens with zero attached hydrogens (tertiary/aromatic N) is 1. The molecule has 0 amide bonds. The number of hydrogen-bond acceptors (Lipinski definition) is 5. The number of benzene rings is 2. The van der Waals surface area contributed by atoms with Crippen molar-refractivity contribution in [2.45, 2.75) is 0 Å². The van der Waals surface area contributed by atoms with E-state index in [1.54, 1.807) is 26.4 Å². The molecule has 0 aliphatic carbocycles. The Morgan fingerprint density at radius 3 is 2.43 bits per heavy atom. The van der Waals surface area contributed by atoms with E-state index in [4.69, 9.17) is 31.2 Å².